The fourth-order valence-corrected chi connectivity index (χ4v) is 4.65. The van der Waals surface area contributed by atoms with Crippen molar-refractivity contribution in [3.05, 3.63) is 29.8 Å². The van der Waals surface area contributed by atoms with Crippen LogP contribution in [-0.4, -0.2) is 28.4 Å². The Hall–Kier alpha value is -1.59. The monoisotopic (exact) mass is 404 g/mol. The number of hydrogen-bond donors (Lipinski definition) is 1. The topological polar surface area (TPSA) is 65.0 Å². The van der Waals surface area contributed by atoms with Crippen LogP contribution in [0.15, 0.2) is 24.3 Å². The Kier molecular flexibility index (Phi) is 7.58. The summed E-state index contributed by atoms with van der Waals surface area (Å²) in [5, 5.41) is 9.30. The van der Waals surface area contributed by atoms with Crippen LogP contribution in [-0.2, 0) is 25.7 Å². The van der Waals surface area contributed by atoms with Gasteiger partial charge in [0.1, 0.15) is 23.1 Å². The quantitative estimate of drug-likeness (QED) is 0.294. The standard InChI is InChI=1S/C24H36O5/c1-23(18-24(2)21(28-29-23)17-22(26)27-24)16-10-8-6-4-3-5-7-9-11-19-12-14-20(25)15-13-19/h12-15,21,25H,3-11,16-18H2,1-2H3/t21-,23+,24-/m1/s1. The molecule has 0 spiro atoms. The lowest BCUT2D eigenvalue weighted by atomic mass is 9.82. The molecule has 0 saturated carbocycles. The summed E-state index contributed by atoms with van der Waals surface area (Å²) in [6, 6.07) is 7.54. The molecule has 162 valence electrons. The zero-order valence-corrected chi connectivity index (χ0v) is 18.0. The van der Waals surface area contributed by atoms with E-state index in [-0.39, 0.29) is 17.7 Å². The van der Waals surface area contributed by atoms with E-state index in [0.717, 1.165) is 19.3 Å². The van der Waals surface area contributed by atoms with Crippen molar-refractivity contribution in [2.24, 2.45) is 0 Å². The number of carbonyl (C=O) groups is 1. The molecule has 2 fully saturated rings. The van der Waals surface area contributed by atoms with Gasteiger partial charge in [0.2, 0.25) is 0 Å². The summed E-state index contributed by atoms with van der Waals surface area (Å²) in [6.45, 7) is 4.03. The van der Waals surface area contributed by atoms with Crippen LogP contribution in [0.2, 0.25) is 0 Å². The second-order valence-electron chi connectivity index (χ2n) is 9.28. The molecule has 2 aliphatic rings. The van der Waals surface area contributed by atoms with Gasteiger partial charge in [-0.3, -0.25) is 4.79 Å². The van der Waals surface area contributed by atoms with Crippen LogP contribution < -0.4 is 0 Å². The molecule has 29 heavy (non-hydrogen) atoms. The fraction of sp³-hybridized carbons (Fsp3) is 0.708. The van der Waals surface area contributed by atoms with Gasteiger partial charge in [-0.15, -0.1) is 0 Å². The van der Waals surface area contributed by atoms with E-state index in [2.05, 4.69) is 6.92 Å². The Labute approximate surface area is 174 Å². The van der Waals surface area contributed by atoms with Gasteiger partial charge >= 0.3 is 5.97 Å². The number of hydrogen-bond acceptors (Lipinski definition) is 5. The summed E-state index contributed by atoms with van der Waals surface area (Å²) in [6.07, 6.45) is 12.7. The smallest absolute Gasteiger partial charge is 0.309 e. The van der Waals surface area contributed by atoms with Gasteiger partial charge in [-0.1, -0.05) is 57.1 Å². The van der Waals surface area contributed by atoms with Gasteiger partial charge in [-0.25, -0.2) is 9.78 Å². The number of phenols is 1. The number of ether oxygens (including phenoxy) is 1. The van der Waals surface area contributed by atoms with Crippen molar-refractivity contribution < 1.29 is 24.4 Å². The zero-order chi connectivity index (χ0) is 20.7. The van der Waals surface area contributed by atoms with Gasteiger partial charge in [-0.2, -0.15) is 0 Å². The number of esters is 1. The molecule has 1 aromatic rings. The Balaban J connectivity index is 1.20. The Bertz CT molecular complexity index is 658. The normalized spacial score (nSPS) is 28.9. The lowest BCUT2D eigenvalue weighted by Gasteiger charge is -2.43. The van der Waals surface area contributed by atoms with Gasteiger partial charge in [0, 0.05) is 6.42 Å². The first kappa shape index (κ1) is 22.1. The number of benzene rings is 1. The number of carbonyl (C=O) groups excluding carboxylic acids is 1. The summed E-state index contributed by atoms with van der Waals surface area (Å²) in [7, 11) is 0. The van der Waals surface area contributed by atoms with Gasteiger partial charge in [0.15, 0.2) is 0 Å². The highest BCUT2D eigenvalue weighted by Crippen LogP contribution is 2.44. The number of rotatable bonds is 11. The van der Waals surface area contributed by atoms with Crippen LogP contribution in [0, 0.1) is 0 Å². The van der Waals surface area contributed by atoms with Crippen LogP contribution in [0.3, 0.4) is 0 Å². The molecule has 5 nitrogen and oxygen atoms in total. The third-order valence-corrected chi connectivity index (χ3v) is 6.33. The van der Waals surface area contributed by atoms with Crippen molar-refractivity contribution in [1.82, 2.24) is 0 Å². The molecule has 0 radical (unpaired) electrons. The number of aryl methyl sites for hydroxylation is 1. The first-order valence-electron chi connectivity index (χ1n) is 11.2. The molecule has 1 aromatic carbocycles. The molecule has 5 heteroatoms. The SMILES string of the molecule is C[C@]1(CCCCCCCCCCc2ccc(O)cc2)C[C@@]2(C)OC(=O)C[C@H]2OO1. The lowest BCUT2D eigenvalue weighted by Crippen LogP contribution is -2.51. The minimum Gasteiger partial charge on any atom is -0.508 e. The molecule has 0 unspecified atom stereocenters. The third-order valence-electron chi connectivity index (χ3n) is 6.33. The van der Waals surface area contributed by atoms with E-state index in [1.807, 2.05) is 19.1 Å². The van der Waals surface area contributed by atoms with E-state index in [4.69, 9.17) is 14.5 Å². The maximum Gasteiger partial charge on any atom is 0.309 e. The van der Waals surface area contributed by atoms with Crippen LogP contribution in [0.1, 0.15) is 90.0 Å². The first-order chi connectivity index (χ1) is 13.9. The fourth-order valence-electron chi connectivity index (χ4n) is 4.65. The van der Waals surface area contributed by atoms with Crippen LogP contribution in [0.5, 0.6) is 5.75 Å². The molecule has 2 aliphatic heterocycles. The molecule has 2 saturated heterocycles. The van der Waals surface area contributed by atoms with E-state index in [9.17, 15) is 9.90 Å². The molecular weight excluding hydrogens is 368 g/mol. The predicted molar refractivity (Wildman–Crippen MR) is 111 cm³/mol. The summed E-state index contributed by atoms with van der Waals surface area (Å²) < 4.78 is 5.52. The van der Waals surface area contributed by atoms with E-state index in [0.29, 0.717) is 18.6 Å². The van der Waals surface area contributed by atoms with Gasteiger partial charge < -0.3 is 9.84 Å². The molecule has 0 amide bonds. The second kappa shape index (κ2) is 9.94. The number of unbranched alkanes of at least 4 members (excludes halogenated alkanes) is 7. The summed E-state index contributed by atoms with van der Waals surface area (Å²) in [5.74, 6) is 0.152. The Morgan fingerprint density at radius 1 is 0.966 bits per heavy atom. The average Bonchev–Trinajstić information content (AvgIpc) is 2.97. The van der Waals surface area contributed by atoms with Crippen molar-refractivity contribution in [1.29, 1.82) is 0 Å². The number of aromatic hydroxyl groups is 1. The molecule has 2 heterocycles. The molecule has 3 atom stereocenters. The largest absolute Gasteiger partial charge is 0.508 e. The van der Waals surface area contributed by atoms with Gasteiger partial charge in [-0.05, 0) is 50.8 Å². The van der Waals surface area contributed by atoms with Crippen LogP contribution in [0.25, 0.3) is 0 Å². The van der Waals surface area contributed by atoms with Crippen LogP contribution in [0.4, 0.5) is 0 Å². The first-order valence-corrected chi connectivity index (χ1v) is 11.2. The van der Waals surface area contributed by atoms with Crippen molar-refractivity contribution in [3.8, 4) is 5.75 Å². The summed E-state index contributed by atoms with van der Waals surface area (Å²) >= 11 is 0. The van der Waals surface area contributed by atoms with Crippen LogP contribution >= 0.6 is 0 Å². The lowest BCUT2D eigenvalue weighted by molar-refractivity contribution is -0.428. The maximum absolute atomic E-state index is 11.6. The molecule has 1 N–H and O–H groups in total. The highest BCUT2D eigenvalue weighted by Gasteiger charge is 2.55. The minimum atomic E-state index is -0.537. The summed E-state index contributed by atoms with van der Waals surface area (Å²) in [5.41, 5.74) is 0.395. The van der Waals surface area contributed by atoms with Crippen molar-refractivity contribution >= 4 is 5.97 Å². The summed E-state index contributed by atoms with van der Waals surface area (Å²) in [4.78, 5) is 22.7. The molecular formula is C24H36O5. The van der Waals surface area contributed by atoms with Gasteiger partial charge in [0.25, 0.3) is 0 Å². The molecule has 0 aromatic heterocycles. The minimum absolute atomic E-state index is 0.187. The van der Waals surface area contributed by atoms with Gasteiger partial charge in [0.05, 0.1) is 6.42 Å². The van der Waals surface area contributed by atoms with E-state index in [1.165, 1.54) is 50.5 Å². The van der Waals surface area contributed by atoms with Crippen molar-refractivity contribution in [2.45, 2.75) is 108 Å². The zero-order valence-electron chi connectivity index (χ0n) is 18.0. The Morgan fingerprint density at radius 2 is 1.59 bits per heavy atom. The number of phenolic OH excluding ortho intramolecular Hbond substituents is 1. The predicted octanol–water partition coefficient (Wildman–Crippen LogP) is 5.63. The highest BCUT2D eigenvalue weighted by atomic mass is 17.2. The molecule has 0 bridgehead atoms. The second-order valence-corrected chi connectivity index (χ2v) is 9.28. The van der Waals surface area contributed by atoms with E-state index in [1.54, 1.807) is 12.1 Å². The molecule has 0 aliphatic carbocycles. The number of fused-ring (bicyclic) bond motifs is 1. The van der Waals surface area contributed by atoms with Crippen molar-refractivity contribution in [2.75, 3.05) is 0 Å². The van der Waals surface area contributed by atoms with E-state index >= 15 is 0 Å². The highest BCUT2D eigenvalue weighted by molar-refractivity contribution is 5.73. The van der Waals surface area contributed by atoms with E-state index < -0.39 is 5.60 Å². The third kappa shape index (κ3) is 6.45. The molecule has 3 rings (SSSR count). The van der Waals surface area contributed by atoms with Crippen molar-refractivity contribution in [3.63, 3.8) is 0 Å². The average molecular weight is 405 g/mol. The Morgan fingerprint density at radius 3 is 2.28 bits per heavy atom. The maximum atomic E-state index is 11.6.